The van der Waals surface area contributed by atoms with Crippen molar-refractivity contribution in [2.45, 2.75) is 26.8 Å². The highest BCUT2D eigenvalue weighted by molar-refractivity contribution is 5.55. The molecule has 0 fully saturated rings. The Morgan fingerprint density at radius 1 is 1.38 bits per heavy atom. The smallest absolute Gasteiger partial charge is 0.312 e. The fourth-order valence-corrected chi connectivity index (χ4v) is 2.13. The summed E-state index contributed by atoms with van der Waals surface area (Å²) in [4.78, 5) is 14.9. The fourth-order valence-electron chi connectivity index (χ4n) is 2.13. The van der Waals surface area contributed by atoms with E-state index in [0.29, 0.717) is 17.0 Å². The third-order valence-electron chi connectivity index (χ3n) is 3.09. The zero-order valence-electron chi connectivity index (χ0n) is 12.2. The molecule has 2 aromatic rings. The van der Waals surface area contributed by atoms with E-state index in [2.05, 4.69) is 4.98 Å². The molecular weight excluding hydrogens is 270 g/mol. The standard InChI is InChI=1S/C15H17N3O3/c1-9-7-10(2)14(13(8-9)18(19)20)21-15-12(11(3)16)5-4-6-17-15/h4-8,11H,16H2,1-3H3/t11-/m1/s1. The first-order valence-corrected chi connectivity index (χ1v) is 6.54. The molecule has 0 amide bonds. The zero-order valence-corrected chi connectivity index (χ0v) is 12.2. The molecule has 1 aromatic heterocycles. The van der Waals surface area contributed by atoms with Crippen molar-refractivity contribution >= 4 is 5.69 Å². The van der Waals surface area contributed by atoms with Crippen LogP contribution in [-0.4, -0.2) is 9.91 Å². The molecule has 0 spiro atoms. The van der Waals surface area contributed by atoms with Crippen LogP contribution in [0.15, 0.2) is 30.5 Å². The molecule has 21 heavy (non-hydrogen) atoms. The van der Waals surface area contributed by atoms with Crippen LogP contribution in [0.3, 0.4) is 0 Å². The van der Waals surface area contributed by atoms with Crippen LogP contribution in [0.25, 0.3) is 0 Å². The van der Waals surface area contributed by atoms with Crippen LogP contribution in [0.4, 0.5) is 5.69 Å². The van der Waals surface area contributed by atoms with Crippen LogP contribution < -0.4 is 10.5 Å². The summed E-state index contributed by atoms with van der Waals surface area (Å²) < 4.78 is 5.72. The van der Waals surface area contributed by atoms with Gasteiger partial charge in [-0.3, -0.25) is 10.1 Å². The molecule has 0 radical (unpaired) electrons. The first-order chi connectivity index (χ1) is 9.90. The molecule has 1 heterocycles. The predicted molar refractivity (Wildman–Crippen MR) is 79.5 cm³/mol. The minimum Gasteiger partial charge on any atom is -0.431 e. The Bertz CT molecular complexity index is 684. The molecule has 6 nitrogen and oxygen atoms in total. The Kier molecular flexibility index (Phi) is 4.18. The van der Waals surface area contributed by atoms with E-state index >= 15 is 0 Å². The van der Waals surface area contributed by atoms with E-state index in [9.17, 15) is 10.1 Å². The van der Waals surface area contributed by atoms with Crippen molar-refractivity contribution in [3.63, 3.8) is 0 Å². The average Bonchev–Trinajstić information content (AvgIpc) is 2.41. The molecule has 0 saturated heterocycles. The van der Waals surface area contributed by atoms with Crippen LogP contribution in [0.1, 0.15) is 29.7 Å². The molecule has 0 bridgehead atoms. The third kappa shape index (κ3) is 3.17. The molecule has 110 valence electrons. The van der Waals surface area contributed by atoms with Crippen molar-refractivity contribution in [1.29, 1.82) is 0 Å². The molecule has 6 heteroatoms. The number of aromatic nitrogens is 1. The van der Waals surface area contributed by atoms with E-state index in [1.807, 2.05) is 6.07 Å². The second-order valence-corrected chi connectivity index (χ2v) is 4.98. The summed E-state index contributed by atoms with van der Waals surface area (Å²) in [7, 11) is 0. The van der Waals surface area contributed by atoms with E-state index in [-0.39, 0.29) is 17.5 Å². The van der Waals surface area contributed by atoms with Crippen LogP contribution in [0.5, 0.6) is 11.6 Å². The number of nitrogens with zero attached hydrogens (tertiary/aromatic N) is 2. The van der Waals surface area contributed by atoms with E-state index in [1.54, 1.807) is 39.1 Å². The first-order valence-electron chi connectivity index (χ1n) is 6.54. The van der Waals surface area contributed by atoms with Crippen LogP contribution in [0, 0.1) is 24.0 Å². The van der Waals surface area contributed by atoms with Gasteiger partial charge >= 0.3 is 5.69 Å². The van der Waals surface area contributed by atoms with Gasteiger partial charge in [-0.2, -0.15) is 0 Å². The van der Waals surface area contributed by atoms with Gasteiger partial charge < -0.3 is 10.5 Å². The first kappa shape index (κ1) is 14.9. The Morgan fingerprint density at radius 3 is 2.71 bits per heavy atom. The molecular formula is C15H17N3O3. The number of nitrogens with two attached hydrogens (primary N) is 1. The van der Waals surface area contributed by atoms with E-state index in [1.165, 1.54) is 6.07 Å². The van der Waals surface area contributed by atoms with Crippen LogP contribution >= 0.6 is 0 Å². The predicted octanol–water partition coefficient (Wildman–Crippen LogP) is 3.42. The summed E-state index contributed by atoms with van der Waals surface area (Å²) in [5, 5.41) is 11.2. The van der Waals surface area contributed by atoms with Crippen molar-refractivity contribution in [2.24, 2.45) is 5.73 Å². The van der Waals surface area contributed by atoms with E-state index < -0.39 is 4.92 Å². The van der Waals surface area contributed by atoms with Gasteiger partial charge in [-0.15, -0.1) is 0 Å². The van der Waals surface area contributed by atoms with Gasteiger partial charge in [0, 0.05) is 23.9 Å². The summed E-state index contributed by atoms with van der Waals surface area (Å²) in [5.74, 6) is 0.494. The Balaban J connectivity index is 2.52. The van der Waals surface area contributed by atoms with Gasteiger partial charge in [0.05, 0.1) is 4.92 Å². The van der Waals surface area contributed by atoms with Crippen molar-refractivity contribution in [3.8, 4) is 11.6 Å². The molecule has 1 atom stereocenters. The number of nitro benzene ring substituents is 1. The van der Waals surface area contributed by atoms with Gasteiger partial charge in [0.15, 0.2) is 0 Å². The van der Waals surface area contributed by atoms with E-state index in [4.69, 9.17) is 10.5 Å². The number of hydrogen-bond donors (Lipinski definition) is 1. The average molecular weight is 287 g/mol. The minimum absolute atomic E-state index is 0.0752. The Labute approximate surface area is 122 Å². The monoisotopic (exact) mass is 287 g/mol. The quantitative estimate of drug-likeness (QED) is 0.687. The van der Waals surface area contributed by atoms with Crippen molar-refractivity contribution in [3.05, 3.63) is 57.3 Å². The lowest BCUT2D eigenvalue weighted by Crippen LogP contribution is -2.08. The van der Waals surface area contributed by atoms with Gasteiger partial charge in [0.25, 0.3) is 0 Å². The second kappa shape index (κ2) is 5.88. The van der Waals surface area contributed by atoms with Crippen LogP contribution in [-0.2, 0) is 0 Å². The summed E-state index contributed by atoms with van der Waals surface area (Å²) in [5.41, 5.74) is 7.99. The number of rotatable bonds is 4. The second-order valence-electron chi connectivity index (χ2n) is 4.98. The van der Waals surface area contributed by atoms with Gasteiger partial charge in [-0.25, -0.2) is 4.98 Å². The molecule has 0 aliphatic carbocycles. The van der Waals surface area contributed by atoms with Gasteiger partial charge in [0.2, 0.25) is 11.6 Å². The maximum Gasteiger partial charge on any atom is 0.312 e. The molecule has 0 saturated carbocycles. The van der Waals surface area contributed by atoms with Crippen LogP contribution in [0.2, 0.25) is 0 Å². The Morgan fingerprint density at radius 2 is 2.10 bits per heavy atom. The lowest BCUT2D eigenvalue weighted by molar-refractivity contribution is -0.385. The molecule has 2 rings (SSSR count). The summed E-state index contributed by atoms with van der Waals surface area (Å²) in [6, 6.07) is 6.58. The largest absolute Gasteiger partial charge is 0.431 e. The fraction of sp³-hybridized carbons (Fsp3) is 0.267. The summed E-state index contributed by atoms with van der Waals surface area (Å²) >= 11 is 0. The lowest BCUT2D eigenvalue weighted by atomic mass is 10.1. The highest BCUT2D eigenvalue weighted by Gasteiger charge is 2.21. The maximum absolute atomic E-state index is 11.2. The number of hydrogen-bond acceptors (Lipinski definition) is 5. The Hall–Kier alpha value is -2.47. The zero-order chi connectivity index (χ0) is 15.6. The molecule has 2 N–H and O–H groups in total. The lowest BCUT2D eigenvalue weighted by Gasteiger charge is -2.14. The SMILES string of the molecule is Cc1cc(C)c(Oc2ncccc2[C@@H](C)N)c([N+](=O)[O-])c1. The molecule has 0 aliphatic heterocycles. The van der Waals surface area contributed by atoms with E-state index in [0.717, 1.165) is 5.56 Å². The normalized spacial score (nSPS) is 12.0. The van der Waals surface area contributed by atoms with Gasteiger partial charge in [-0.05, 0) is 38.0 Å². The van der Waals surface area contributed by atoms with Crippen molar-refractivity contribution in [2.75, 3.05) is 0 Å². The number of pyridine rings is 1. The van der Waals surface area contributed by atoms with Gasteiger partial charge in [-0.1, -0.05) is 12.1 Å². The number of aryl methyl sites for hydroxylation is 2. The number of nitro groups is 1. The van der Waals surface area contributed by atoms with Gasteiger partial charge in [0.1, 0.15) is 0 Å². The number of ether oxygens (including phenoxy) is 1. The summed E-state index contributed by atoms with van der Waals surface area (Å²) in [6.45, 7) is 5.38. The molecule has 1 aromatic carbocycles. The molecule has 0 aliphatic rings. The van der Waals surface area contributed by atoms with Crippen molar-refractivity contribution in [1.82, 2.24) is 4.98 Å². The number of benzene rings is 1. The third-order valence-corrected chi connectivity index (χ3v) is 3.09. The van der Waals surface area contributed by atoms with Crippen molar-refractivity contribution < 1.29 is 9.66 Å². The highest BCUT2D eigenvalue weighted by Crippen LogP contribution is 2.36. The highest BCUT2D eigenvalue weighted by atomic mass is 16.6. The summed E-state index contributed by atoms with van der Waals surface area (Å²) in [6.07, 6.45) is 1.57. The maximum atomic E-state index is 11.2. The minimum atomic E-state index is -0.455. The molecule has 0 unspecified atom stereocenters. The topological polar surface area (TPSA) is 91.3 Å².